The van der Waals surface area contributed by atoms with Crippen LogP contribution < -0.4 is 10.5 Å². The summed E-state index contributed by atoms with van der Waals surface area (Å²) in [6, 6.07) is 22.3. The Balaban J connectivity index is 1.35. The van der Waals surface area contributed by atoms with Crippen LogP contribution in [0.4, 0.5) is 5.82 Å². The number of ether oxygens (including phenoxy) is 1. The van der Waals surface area contributed by atoms with E-state index in [1.165, 1.54) is 6.42 Å². The second kappa shape index (κ2) is 12.4. The van der Waals surface area contributed by atoms with Gasteiger partial charge in [-0.15, -0.1) is 0 Å². The van der Waals surface area contributed by atoms with Gasteiger partial charge in [-0.2, -0.15) is 5.10 Å². The van der Waals surface area contributed by atoms with Gasteiger partial charge in [0.15, 0.2) is 0 Å². The molecule has 0 spiro atoms. The number of piperidine rings is 1. The van der Waals surface area contributed by atoms with Crippen molar-refractivity contribution in [3.63, 3.8) is 0 Å². The minimum Gasteiger partial charge on any atom is -0.487 e. The molecule has 0 saturated carbocycles. The zero-order chi connectivity index (χ0) is 29.9. The van der Waals surface area contributed by atoms with Crippen molar-refractivity contribution < 1.29 is 14.6 Å². The van der Waals surface area contributed by atoms with E-state index in [4.69, 9.17) is 15.6 Å². The summed E-state index contributed by atoms with van der Waals surface area (Å²) in [5.74, 6) is 0.920. The molecule has 2 aromatic heterocycles. The summed E-state index contributed by atoms with van der Waals surface area (Å²) in [6.45, 7) is 8.08. The molecule has 1 aliphatic heterocycles. The highest BCUT2D eigenvalue weighted by molar-refractivity contribution is 5.95. The number of aliphatic carboxylic acids is 1. The number of fused-ring (bicyclic) bond motifs is 2. The van der Waals surface area contributed by atoms with Gasteiger partial charge in [-0.3, -0.25) is 9.48 Å². The van der Waals surface area contributed by atoms with Crippen LogP contribution in [0.1, 0.15) is 50.4 Å². The summed E-state index contributed by atoms with van der Waals surface area (Å²) >= 11 is 0. The highest BCUT2D eigenvalue weighted by atomic mass is 16.5. The van der Waals surface area contributed by atoms with E-state index in [9.17, 15) is 9.90 Å². The molecule has 1 fully saturated rings. The molecule has 222 valence electrons. The summed E-state index contributed by atoms with van der Waals surface area (Å²) in [6.07, 6.45) is 4.91. The van der Waals surface area contributed by atoms with Crippen LogP contribution in [0, 0.1) is 5.92 Å². The number of carboxylic acids is 1. The number of hydrogen-bond acceptors (Lipinski definition) is 6. The van der Waals surface area contributed by atoms with Crippen LogP contribution in [0.3, 0.4) is 0 Å². The van der Waals surface area contributed by atoms with Crippen LogP contribution in [-0.4, -0.2) is 50.4 Å². The number of rotatable bonds is 10. The Labute approximate surface area is 252 Å². The third-order valence-electron chi connectivity index (χ3n) is 8.53. The van der Waals surface area contributed by atoms with Crippen molar-refractivity contribution in [2.75, 3.05) is 25.4 Å². The number of nitrogens with two attached hydrogens (primary N) is 1. The van der Waals surface area contributed by atoms with Gasteiger partial charge in [0, 0.05) is 35.6 Å². The van der Waals surface area contributed by atoms with E-state index in [0.717, 1.165) is 71.0 Å². The second-order valence-corrected chi connectivity index (χ2v) is 12.0. The summed E-state index contributed by atoms with van der Waals surface area (Å²) in [4.78, 5) is 18.3. The minimum absolute atomic E-state index is 0.0882. The Hall–Kier alpha value is -4.43. The van der Waals surface area contributed by atoms with E-state index in [0.29, 0.717) is 29.7 Å². The molecule has 0 unspecified atom stereocenters. The number of benzene rings is 3. The number of anilines is 1. The van der Waals surface area contributed by atoms with E-state index >= 15 is 0 Å². The van der Waals surface area contributed by atoms with Gasteiger partial charge < -0.3 is 20.5 Å². The van der Waals surface area contributed by atoms with Gasteiger partial charge in [0.25, 0.3) is 0 Å². The fourth-order valence-electron chi connectivity index (χ4n) is 6.08. The van der Waals surface area contributed by atoms with E-state index < -0.39 is 5.97 Å². The first kappa shape index (κ1) is 28.7. The third kappa shape index (κ3) is 6.34. The van der Waals surface area contributed by atoms with Crippen LogP contribution in [0.15, 0.2) is 72.9 Å². The van der Waals surface area contributed by atoms with Crippen molar-refractivity contribution in [1.29, 1.82) is 0 Å². The molecule has 6 rings (SSSR count). The van der Waals surface area contributed by atoms with Crippen molar-refractivity contribution >= 4 is 33.5 Å². The lowest BCUT2D eigenvalue weighted by molar-refractivity contribution is -0.136. The highest BCUT2D eigenvalue weighted by Gasteiger charge is 2.25. The molecule has 3 aromatic carbocycles. The monoisotopic (exact) mass is 577 g/mol. The topological polar surface area (TPSA) is 107 Å². The SMILES string of the molecule is CC(C)CCN1CCC(n2nc3ccc(-c4ccc5ccnc(N)c5c4)cc3c2COc2ccccc2CC(=O)O)CC1. The van der Waals surface area contributed by atoms with Crippen LogP contribution >= 0.6 is 0 Å². The number of nitrogen functional groups attached to an aromatic ring is 1. The van der Waals surface area contributed by atoms with E-state index in [1.807, 2.05) is 30.3 Å². The molecule has 43 heavy (non-hydrogen) atoms. The zero-order valence-corrected chi connectivity index (χ0v) is 24.9. The van der Waals surface area contributed by atoms with Crippen molar-refractivity contribution in [1.82, 2.24) is 19.7 Å². The molecule has 0 aliphatic carbocycles. The lowest BCUT2D eigenvalue weighted by Crippen LogP contribution is -2.36. The molecule has 1 saturated heterocycles. The largest absolute Gasteiger partial charge is 0.487 e. The number of nitrogens with zero attached hydrogens (tertiary/aromatic N) is 4. The lowest BCUT2D eigenvalue weighted by Gasteiger charge is -2.33. The maximum absolute atomic E-state index is 11.5. The van der Waals surface area contributed by atoms with Crippen LogP contribution in [0.2, 0.25) is 0 Å². The first-order valence-corrected chi connectivity index (χ1v) is 15.2. The van der Waals surface area contributed by atoms with E-state index in [-0.39, 0.29) is 12.5 Å². The van der Waals surface area contributed by atoms with Gasteiger partial charge in [0.05, 0.1) is 23.7 Å². The molecule has 8 heteroatoms. The number of para-hydroxylation sites is 1. The third-order valence-corrected chi connectivity index (χ3v) is 8.53. The van der Waals surface area contributed by atoms with E-state index in [2.05, 4.69) is 64.8 Å². The Morgan fingerprint density at radius 1 is 1.02 bits per heavy atom. The molecular formula is C35H39N5O3. The lowest BCUT2D eigenvalue weighted by atomic mass is 10.00. The first-order chi connectivity index (χ1) is 20.9. The number of pyridine rings is 1. The molecule has 0 radical (unpaired) electrons. The molecule has 5 aromatic rings. The van der Waals surface area contributed by atoms with Gasteiger partial charge in [0.2, 0.25) is 0 Å². The summed E-state index contributed by atoms with van der Waals surface area (Å²) in [5, 5.41) is 17.6. The number of carboxylic acid groups (broad SMARTS) is 1. The number of aromatic nitrogens is 3. The second-order valence-electron chi connectivity index (χ2n) is 12.0. The Morgan fingerprint density at radius 2 is 1.77 bits per heavy atom. The Bertz CT molecular complexity index is 1750. The summed E-state index contributed by atoms with van der Waals surface area (Å²) in [5.41, 5.74) is 10.9. The van der Waals surface area contributed by atoms with Crippen molar-refractivity contribution in [3.05, 3.63) is 84.2 Å². The van der Waals surface area contributed by atoms with Gasteiger partial charge in [-0.25, -0.2) is 4.98 Å². The van der Waals surface area contributed by atoms with Crippen LogP contribution in [0.5, 0.6) is 5.75 Å². The summed E-state index contributed by atoms with van der Waals surface area (Å²) in [7, 11) is 0. The van der Waals surface area contributed by atoms with Crippen molar-refractivity contribution in [3.8, 4) is 16.9 Å². The normalized spacial score (nSPS) is 14.6. The molecule has 0 atom stereocenters. The molecule has 1 aliphatic rings. The predicted molar refractivity (Wildman–Crippen MR) is 171 cm³/mol. The smallest absolute Gasteiger partial charge is 0.307 e. The van der Waals surface area contributed by atoms with Crippen LogP contribution in [0.25, 0.3) is 32.8 Å². The van der Waals surface area contributed by atoms with E-state index in [1.54, 1.807) is 6.20 Å². The average Bonchev–Trinajstić information content (AvgIpc) is 3.37. The Kier molecular flexibility index (Phi) is 8.29. The van der Waals surface area contributed by atoms with Gasteiger partial charge in [0.1, 0.15) is 18.2 Å². The minimum atomic E-state index is -0.883. The fourth-order valence-corrected chi connectivity index (χ4v) is 6.08. The first-order valence-electron chi connectivity index (χ1n) is 15.2. The molecule has 0 amide bonds. The zero-order valence-electron chi connectivity index (χ0n) is 24.9. The molecular weight excluding hydrogens is 538 g/mol. The Morgan fingerprint density at radius 3 is 2.53 bits per heavy atom. The molecule has 3 heterocycles. The van der Waals surface area contributed by atoms with Crippen molar-refractivity contribution in [2.45, 2.75) is 52.2 Å². The maximum atomic E-state index is 11.5. The molecule has 3 N–H and O–H groups in total. The van der Waals surface area contributed by atoms with Crippen LogP contribution in [-0.2, 0) is 17.8 Å². The molecule has 8 nitrogen and oxygen atoms in total. The predicted octanol–water partition coefficient (Wildman–Crippen LogP) is 6.72. The highest BCUT2D eigenvalue weighted by Crippen LogP contribution is 2.34. The van der Waals surface area contributed by atoms with Gasteiger partial charge >= 0.3 is 5.97 Å². The van der Waals surface area contributed by atoms with Crippen molar-refractivity contribution in [2.24, 2.45) is 5.92 Å². The number of hydrogen-bond donors (Lipinski definition) is 2. The average molecular weight is 578 g/mol. The van der Waals surface area contributed by atoms with Gasteiger partial charge in [-0.1, -0.05) is 50.2 Å². The standard InChI is InChI=1S/C35H39N5O3/c1-23(2)12-16-39-17-13-28(14-18-39)40-32(22-43-33-6-4-3-5-27(33)21-34(41)42)30-20-26(9-10-31(30)38-40)25-8-7-24-11-15-37-35(36)29(24)19-25/h3-11,15,19-20,23,28H,12-14,16-18,21-22H2,1-2H3,(H2,36,37)(H,41,42). The fraction of sp³-hybridized carbons (Fsp3) is 0.343. The molecule has 0 bridgehead atoms. The van der Waals surface area contributed by atoms with Gasteiger partial charge in [-0.05, 0) is 78.6 Å². The maximum Gasteiger partial charge on any atom is 0.307 e. The number of likely N-dealkylation sites (tertiary alicyclic amines) is 1. The number of carbonyl (C=O) groups is 1. The summed E-state index contributed by atoms with van der Waals surface area (Å²) < 4.78 is 8.54. The quantitative estimate of drug-likeness (QED) is 0.190.